The SMILES string of the molecule is COC(c1noc(C(C)C(C)O)n1)C(C)C. The monoisotopic (exact) mass is 228 g/mol. The molecular formula is C11H20N2O3. The van der Waals surface area contributed by atoms with Gasteiger partial charge in [0.15, 0.2) is 0 Å². The predicted molar refractivity (Wildman–Crippen MR) is 59.0 cm³/mol. The van der Waals surface area contributed by atoms with Gasteiger partial charge >= 0.3 is 0 Å². The predicted octanol–water partition coefficient (Wildman–Crippen LogP) is 1.90. The van der Waals surface area contributed by atoms with Crippen molar-refractivity contribution in [1.82, 2.24) is 10.1 Å². The van der Waals surface area contributed by atoms with Crippen molar-refractivity contribution in [3.05, 3.63) is 11.7 Å². The fraction of sp³-hybridized carbons (Fsp3) is 0.818. The molecule has 0 aliphatic carbocycles. The minimum Gasteiger partial charge on any atom is -0.393 e. The van der Waals surface area contributed by atoms with Crippen LogP contribution in [-0.4, -0.2) is 28.5 Å². The van der Waals surface area contributed by atoms with E-state index in [0.29, 0.717) is 11.7 Å². The molecule has 0 radical (unpaired) electrons. The highest BCUT2D eigenvalue weighted by Crippen LogP contribution is 2.25. The number of aliphatic hydroxyl groups excluding tert-OH is 1. The van der Waals surface area contributed by atoms with E-state index in [1.165, 1.54) is 0 Å². The molecule has 1 N–H and O–H groups in total. The van der Waals surface area contributed by atoms with Gasteiger partial charge in [0, 0.05) is 7.11 Å². The number of methoxy groups -OCH3 is 1. The van der Waals surface area contributed by atoms with E-state index >= 15 is 0 Å². The molecule has 0 saturated heterocycles. The summed E-state index contributed by atoms with van der Waals surface area (Å²) in [6, 6.07) is 0. The molecule has 0 aliphatic rings. The third kappa shape index (κ3) is 2.80. The first-order valence-electron chi connectivity index (χ1n) is 5.51. The van der Waals surface area contributed by atoms with Crippen molar-refractivity contribution in [1.29, 1.82) is 0 Å². The Balaban J connectivity index is 2.85. The Morgan fingerprint density at radius 1 is 1.25 bits per heavy atom. The van der Waals surface area contributed by atoms with Crippen LogP contribution >= 0.6 is 0 Å². The van der Waals surface area contributed by atoms with Crippen LogP contribution in [-0.2, 0) is 4.74 Å². The van der Waals surface area contributed by atoms with Crippen molar-refractivity contribution in [2.45, 2.75) is 45.8 Å². The number of hydrogen-bond donors (Lipinski definition) is 1. The molecule has 5 nitrogen and oxygen atoms in total. The molecule has 1 rings (SSSR count). The zero-order valence-electron chi connectivity index (χ0n) is 10.5. The molecule has 0 amide bonds. The molecule has 92 valence electrons. The summed E-state index contributed by atoms with van der Waals surface area (Å²) in [5, 5.41) is 13.3. The normalized spacial score (nSPS) is 17.4. The summed E-state index contributed by atoms with van der Waals surface area (Å²) in [5.74, 6) is 1.11. The first-order valence-corrected chi connectivity index (χ1v) is 5.51. The number of nitrogens with zero attached hydrogens (tertiary/aromatic N) is 2. The van der Waals surface area contributed by atoms with Gasteiger partial charge in [-0.05, 0) is 12.8 Å². The van der Waals surface area contributed by atoms with Crippen LogP contribution in [0, 0.1) is 5.92 Å². The standard InChI is InChI=1S/C11H20N2O3/c1-6(2)9(15-5)10-12-11(16-13-10)7(3)8(4)14/h6-9,14H,1-5H3. The quantitative estimate of drug-likeness (QED) is 0.833. The molecule has 5 heteroatoms. The number of aliphatic hydroxyl groups is 1. The summed E-state index contributed by atoms with van der Waals surface area (Å²) in [7, 11) is 1.62. The molecule has 0 bridgehead atoms. The van der Waals surface area contributed by atoms with Crippen LogP contribution < -0.4 is 0 Å². The van der Waals surface area contributed by atoms with E-state index in [2.05, 4.69) is 10.1 Å². The van der Waals surface area contributed by atoms with Crippen LogP contribution in [0.25, 0.3) is 0 Å². The molecule has 0 fully saturated rings. The number of hydrogen-bond acceptors (Lipinski definition) is 5. The third-order valence-corrected chi connectivity index (χ3v) is 2.68. The largest absolute Gasteiger partial charge is 0.393 e. The van der Waals surface area contributed by atoms with Gasteiger partial charge in [-0.3, -0.25) is 0 Å². The van der Waals surface area contributed by atoms with Crippen molar-refractivity contribution in [2.75, 3.05) is 7.11 Å². The molecular weight excluding hydrogens is 208 g/mol. The molecule has 0 spiro atoms. The zero-order valence-corrected chi connectivity index (χ0v) is 10.5. The van der Waals surface area contributed by atoms with Crippen molar-refractivity contribution in [3.63, 3.8) is 0 Å². The smallest absolute Gasteiger partial charge is 0.232 e. The summed E-state index contributed by atoms with van der Waals surface area (Å²) >= 11 is 0. The lowest BCUT2D eigenvalue weighted by molar-refractivity contribution is 0.0555. The van der Waals surface area contributed by atoms with E-state index in [1.54, 1.807) is 14.0 Å². The number of ether oxygens (including phenoxy) is 1. The Labute approximate surface area is 95.8 Å². The minimum atomic E-state index is -0.506. The molecule has 3 atom stereocenters. The van der Waals surface area contributed by atoms with Gasteiger partial charge in [0.25, 0.3) is 0 Å². The van der Waals surface area contributed by atoms with E-state index in [0.717, 1.165) is 0 Å². The summed E-state index contributed by atoms with van der Waals surface area (Å²) < 4.78 is 10.4. The van der Waals surface area contributed by atoms with E-state index in [4.69, 9.17) is 9.26 Å². The van der Waals surface area contributed by atoms with Crippen LogP contribution in [0.3, 0.4) is 0 Å². The Bertz CT molecular complexity index is 323. The second kappa shape index (κ2) is 5.41. The van der Waals surface area contributed by atoms with Crippen molar-refractivity contribution in [2.24, 2.45) is 5.92 Å². The maximum absolute atomic E-state index is 9.43. The Kier molecular flexibility index (Phi) is 4.44. The van der Waals surface area contributed by atoms with Crippen LogP contribution in [0.1, 0.15) is 51.4 Å². The van der Waals surface area contributed by atoms with Crippen molar-refractivity contribution in [3.8, 4) is 0 Å². The van der Waals surface area contributed by atoms with Crippen LogP contribution in [0.2, 0.25) is 0 Å². The Morgan fingerprint density at radius 2 is 1.88 bits per heavy atom. The summed E-state index contributed by atoms with van der Waals surface area (Å²) in [4.78, 5) is 4.26. The first-order chi connectivity index (χ1) is 7.47. The number of aromatic nitrogens is 2. The Hall–Kier alpha value is -0.940. The summed E-state index contributed by atoms with van der Waals surface area (Å²) in [6.45, 7) is 7.61. The maximum atomic E-state index is 9.43. The molecule has 1 aromatic rings. The van der Waals surface area contributed by atoms with Crippen molar-refractivity contribution >= 4 is 0 Å². The molecule has 1 aromatic heterocycles. The second-order valence-corrected chi connectivity index (χ2v) is 4.42. The van der Waals surface area contributed by atoms with Crippen LogP contribution in [0.4, 0.5) is 0 Å². The number of rotatable bonds is 5. The Morgan fingerprint density at radius 3 is 2.31 bits per heavy atom. The van der Waals surface area contributed by atoms with Crippen LogP contribution in [0.15, 0.2) is 4.52 Å². The van der Waals surface area contributed by atoms with Gasteiger partial charge in [0.05, 0.1) is 12.0 Å². The summed E-state index contributed by atoms with van der Waals surface area (Å²) in [6.07, 6.45) is -0.674. The van der Waals surface area contributed by atoms with Gasteiger partial charge in [-0.25, -0.2) is 0 Å². The van der Waals surface area contributed by atoms with E-state index in [-0.39, 0.29) is 17.9 Å². The maximum Gasteiger partial charge on any atom is 0.232 e. The van der Waals surface area contributed by atoms with Gasteiger partial charge in [0.1, 0.15) is 6.10 Å². The molecule has 0 aromatic carbocycles. The minimum absolute atomic E-state index is 0.161. The lowest BCUT2D eigenvalue weighted by Gasteiger charge is -2.14. The van der Waals surface area contributed by atoms with E-state index in [9.17, 15) is 5.11 Å². The molecule has 3 unspecified atom stereocenters. The first kappa shape index (κ1) is 13.1. The second-order valence-electron chi connectivity index (χ2n) is 4.42. The topological polar surface area (TPSA) is 68.4 Å². The van der Waals surface area contributed by atoms with Gasteiger partial charge in [0.2, 0.25) is 11.7 Å². The lowest BCUT2D eigenvalue weighted by Crippen LogP contribution is -2.13. The van der Waals surface area contributed by atoms with Crippen molar-refractivity contribution < 1.29 is 14.4 Å². The lowest BCUT2D eigenvalue weighted by atomic mass is 10.1. The fourth-order valence-electron chi connectivity index (χ4n) is 1.43. The average molecular weight is 228 g/mol. The highest BCUT2D eigenvalue weighted by molar-refractivity contribution is 4.97. The summed E-state index contributed by atoms with van der Waals surface area (Å²) in [5.41, 5.74) is 0. The highest BCUT2D eigenvalue weighted by atomic mass is 16.5. The van der Waals surface area contributed by atoms with Gasteiger partial charge in [-0.15, -0.1) is 0 Å². The van der Waals surface area contributed by atoms with Gasteiger partial charge < -0.3 is 14.4 Å². The zero-order chi connectivity index (χ0) is 12.3. The van der Waals surface area contributed by atoms with E-state index < -0.39 is 6.10 Å². The fourth-order valence-corrected chi connectivity index (χ4v) is 1.43. The van der Waals surface area contributed by atoms with Gasteiger partial charge in [-0.1, -0.05) is 25.9 Å². The highest BCUT2D eigenvalue weighted by Gasteiger charge is 2.24. The van der Waals surface area contributed by atoms with Crippen LogP contribution in [0.5, 0.6) is 0 Å². The third-order valence-electron chi connectivity index (χ3n) is 2.68. The van der Waals surface area contributed by atoms with E-state index in [1.807, 2.05) is 20.8 Å². The molecule has 16 heavy (non-hydrogen) atoms. The molecule has 0 aliphatic heterocycles. The molecule has 0 saturated carbocycles. The van der Waals surface area contributed by atoms with Gasteiger partial charge in [-0.2, -0.15) is 4.98 Å². The average Bonchev–Trinajstić information content (AvgIpc) is 2.66. The molecule has 1 heterocycles.